The van der Waals surface area contributed by atoms with Gasteiger partial charge in [0.2, 0.25) is 47.3 Å². The minimum atomic E-state index is -0.240. The number of hydrogen-bond acceptors (Lipinski definition) is 8. The quantitative estimate of drug-likeness (QED) is 0.269. The molecular formula is C46H52N4O8. The molecule has 16 unspecified atom stereocenters. The van der Waals surface area contributed by atoms with Gasteiger partial charge in [-0.3, -0.25) is 58.0 Å². The van der Waals surface area contributed by atoms with Crippen molar-refractivity contribution in [2.24, 2.45) is 106 Å². The number of carbonyl (C=O) groups is 8. The maximum absolute atomic E-state index is 13.1. The van der Waals surface area contributed by atoms with E-state index >= 15 is 0 Å². The summed E-state index contributed by atoms with van der Waals surface area (Å²) < 4.78 is 0. The Morgan fingerprint density at radius 1 is 0.362 bits per heavy atom. The number of carbonyl (C=O) groups excluding carboxylic acids is 8. The van der Waals surface area contributed by atoms with E-state index in [0.29, 0.717) is 25.9 Å². The summed E-state index contributed by atoms with van der Waals surface area (Å²) in [4.78, 5) is 109. The Hall–Kier alpha value is -4.48. The zero-order valence-corrected chi connectivity index (χ0v) is 33.6. The second kappa shape index (κ2) is 12.1. The van der Waals surface area contributed by atoms with Gasteiger partial charge < -0.3 is 0 Å². The van der Waals surface area contributed by atoms with E-state index in [1.807, 2.05) is 0 Å². The topological polar surface area (TPSA) is 150 Å². The molecule has 0 spiro atoms. The molecule has 8 fully saturated rings. The third kappa shape index (κ3) is 4.47. The maximum Gasteiger partial charge on any atom is 0.233 e. The van der Waals surface area contributed by atoms with Crippen molar-refractivity contribution >= 4 is 47.3 Å². The zero-order valence-electron chi connectivity index (χ0n) is 33.6. The van der Waals surface area contributed by atoms with Gasteiger partial charge in [-0.1, -0.05) is 76.3 Å². The lowest BCUT2D eigenvalue weighted by Gasteiger charge is -2.29. The lowest BCUT2D eigenvalue weighted by Crippen LogP contribution is -2.40. The molecule has 12 aliphatic rings. The first-order valence-electron chi connectivity index (χ1n) is 21.8. The van der Waals surface area contributed by atoms with Crippen molar-refractivity contribution in [3.05, 3.63) is 48.6 Å². The fourth-order valence-corrected chi connectivity index (χ4v) is 14.9. The first-order valence-corrected chi connectivity index (χ1v) is 21.8. The van der Waals surface area contributed by atoms with Crippen LogP contribution in [0.4, 0.5) is 0 Å². The molecule has 8 amide bonds. The summed E-state index contributed by atoms with van der Waals surface area (Å²) in [6, 6.07) is 0. The lowest BCUT2D eigenvalue weighted by molar-refractivity contribution is -0.144. The van der Waals surface area contributed by atoms with Crippen LogP contribution in [-0.2, 0) is 38.4 Å². The van der Waals surface area contributed by atoms with Crippen molar-refractivity contribution in [3.8, 4) is 0 Å². The van der Waals surface area contributed by atoms with Gasteiger partial charge in [0.05, 0.1) is 47.3 Å². The summed E-state index contributed by atoms with van der Waals surface area (Å²) in [6.07, 6.45) is 19.6. The number of imide groups is 4. The van der Waals surface area contributed by atoms with Crippen LogP contribution in [0.15, 0.2) is 48.6 Å². The standard InChI is InChI=1S/C25H30N2O4.C21H22N2O4/c1-24(2)12-6-7-13(24)17-16(12)20(28)26(21(17)29)10-5-11-27-22(30)18-14-8-9-15(25(14,3)4)19(18)23(27)31;24-18-14-10-2-3-11(8-10)15(14)19(25)22(18)6-1-7-23-20(26)16-12-4-5-13(9-12)17(16)21(23)27/h6-9,12-19H,5,10-11H2,1-4H3;2-5,10-17H,1,6-9H2. The Morgan fingerprint density at radius 2 is 0.569 bits per heavy atom. The summed E-state index contributed by atoms with van der Waals surface area (Å²) in [5.74, 6) is -0.829. The van der Waals surface area contributed by atoms with Crippen LogP contribution in [0, 0.1) is 106 Å². The van der Waals surface area contributed by atoms with Gasteiger partial charge in [-0.15, -0.1) is 0 Å². The number of amides is 8. The van der Waals surface area contributed by atoms with E-state index in [4.69, 9.17) is 0 Å². The number of hydrogen-bond donors (Lipinski definition) is 0. The zero-order chi connectivity index (χ0) is 40.5. The molecule has 16 atom stereocenters. The predicted octanol–water partition coefficient (Wildman–Crippen LogP) is 3.25. The predicted molar refractivity (Wildman–Crippen MR) is 205 cm³/mol. The number of nitrogens with zero attached hydrogens (tertiary/aromatic N) is 4. The van der Waals surface area contributed by atoms with E-state index < -0.39 is 0 Å². The number of allylic oxidation sites excluding steroid dienone is 8. The highest BCUT2D eigenvalue weighted by Crippen LogP contribution is 2.64. The van der Waals surface area contributed by atoms with Crippen LogP contribution in [0.1, 0.15) is 53.4 Å². The van der Waals surface area contributed by atoms with Gasteiger partial charge >= 0.3 is 0 Å². The fourth-order valence-electron chi connectivity index (χ4n) is 14.9. The van der Waals surface area contributed by atoms with Crippen molar-refractivity contribution in [1.29, 1.82) is 0 Å². The molecule has 12 rings (SSSR count). The highest BCUT2D eigenvalue weighted by atomic mass is 16.2. The van der Waals surface area contributed by atoms with Crippen molar-refractivity contribution in [2.75, 3.05) is 26.2 Å². The fraction of sp³-hybridized carbons (Fsp3) is 0.652. The third-order valence-corrected chi connectivity index (χ3v) is 17.7. The van der Waals surface area contributed by atoms with Crippen LogP contribution < -0.4 is 0 Å². The summed E-state index contributed by atoms with van der Waals surface area (Å²) in [5, 5.41) is 0. The van der Waals surface area contributed by atoms with Crippen LogP contribution in [0.3, 0.4) is 0 Å². The van der Waals surface area contributed by atoms with E-state index in [2.05, 4.69) is 76.3 Å². The molecule has 0 radical (unpaired) electrons. The molecule has 58 heavy (non-hydrogen) atoms. The molecule has 0 N–H and O–H groups in total. The molecule has 8 bridgehead atoms. The average Bonchev–Trinajstić information content (AvgIpc) is 4.09. The Labute approximate surface area is 338 Å². The Balaban J connectivity index is 0.000000134. The molecule has 4 saturated carbocycles. The molecule has 0 aromatic carbocycles. The minimum Gasteiger partial charge on any atom is -0.282 e. The molecule has 12 heteroatoms. The van der Waals surface area contributed by atoms with Crippen molar-refractivity contribution in [3.63, 3.8) is 0 Å². The molecule has 0 aromatic heterocycles. The van der Waals surface area contributed by atoms with Gasteiger partial charge in [-0.05, 0) is 83.9 Å². The normalized spacial score (nSPS) is 45.3. The highest BCUT2D eigenvalue weighted by Gasteiger charge is 2.68. The summed E-state index contributed by atoms with van der Waals surface area (Å²) in [7, 11) is 0. The van der Waals surface area contributed by atoms with E-state index in [1.165, 1.54) is 19.6 Å². The van der Waals surface area contributed by atoms with Gasteiger partial charge in [0, 0.05) is 26.2 Å². The van der Waals surface area contributed by atoms with E-state index in [0.717, 1.165) is 12.8 Å². The van der Waals surface area contributed by atoms with Crippen molar-refractivity contribution < 1.29 is 38.4 Å². The Kier molecular flexibility index (Phi) is 7.61. The number of likely N-dealkylation sites (tertiary alicyclic amines) is 4. The monoisotopic (exact) mass is 788 g/mol. The minimum absolute atomic E-state index is 0.0416. The van der Waals surface area contributed by atoms with Crippen LogP contribution >= 0.6 is 0 Å². The first-order chi connectivity index (χ1) is 27.6. The Bertz CT molecular complexity index is 1860. The molecule has 12 nitrogen and oxygen atoms in total. The Morgan fingerprint density at radius 3 is 0.793 bits per heavy atom. The van der Waals surface area contributed by atoms with Gasteiger partial charge in [0.1, 0.15) is 0 Å². The second-order valence-corrected chi connectivity index (χ2v) is 20.6. The molecule has 4 aliphatic heterocycles. The van der Waals surface area contributed by atoms with Gasteiger partial charge in [-0.25, -0.2) is 0 Å². The number of fused-ring (bicyclic) bond motifs is 20. The van der Waals surface area contributed by atoms with Gasteiger partial charge in [0.15, 0.2) is 0 Å². The van der Waals surface area contributed by atoms with Crippen LogP contribution in [0.2, 0.25) is 0 Å². The van der Waals surface area contributed by atoms with Crippen molar-refractivity contribution in [1.82, 2.24) is 19.6 Å². The van der Waals surface area contributed by atoms with Crippen LogP contribution in [0.5, 0.6) is 0 Å². The smallest absolute Gasteiger partial charge is 0.233 e. The lowest BCUT2D eigenvalue weighted by atomic mass is 9.78. The van der Waals surface area contributed by atoms with E-state index in [1.54, 1.807) is 0 Å². The first kappa shape index (κ1) is 36.6. The molecular weight excluding hydrogens is 737 g/mol. The van der Waals surface area contributed by atoms with Crippen LogP contribution in [-0.4, -0.2) is 93.0 Å². The molecule has 8 aliphatic carbocycles. The summed E-state index contributed by atoms with van der Waals surface area (Å²) in [5.41, 5.74) is -0.0832. The molecule has 304 valence electrons. The van der Waals surface area contributed by atoms with Crippen molar-refractivity contribution in [2.45, 2.75) is 53.4 Å². The van der Waals surface area contributed by atoms with Crippen LogP contribution in [0.25, 0.3) is 0 Å². The number of rotatable bonds is 8. The van der Waals surface area contributed by atoms with E-state index in [-0.39, 0.29) is 166 Å². The largest absolute Gasteiger partial charge is 0.282 e. The average molecular weight is 789 g/mol. The summed E-state index contributed by atoms with van der Waals surface area (Å²) in [6.45, 7) is 9.78. The highest BCUT2D eigenvalue weighted by molar-refractivity contribution is 6.09. The molecule has 4 saturated heterocycles. The molecule has 4 heterocycles. The van der Waals surface area contributed by atoms with Gasteiger partial charge in [-0.2, -0.15) is 0 Å². The molecule has 0 aromatic rings. The SMILES string of the molecule is CC1(C)C2C=CC1C1C(=O)N(CCCN3C(=O)C4C(C3=O)C3C=CC4C3(C)C)C(=O)C12.O=C1C2C3C=CC(C3)C2C(=O)N1CCCN1C(=O)C2C3C=CC(C3)C2C1=O. The summed E-state index contributed by atoms with van der Waals surface area (Å²) >= 11 is 0. The second-order valence-electron chi connectivity index (χ2n) is 20.6. The third-order valence-electron chi connectivity index (χ3n) is 17.7. The van der Waals surface area contributed by atoms with Gasteiger partial charge in [0.25, 0.3) is 0 Å². The van der Waals surface area contributed by atoms with E-state index in [9.17, 15) is 38.4 Å². The maximum atomic E-state index is 13.1.